The van der Waals surface area contributed by atoms with Gasteiger partial charge in [-0.2, -0.15) is 0 Å². The minimum Gasteiger partial charge on any atom is -0.459 e. The van der Waals surface area contributed by atoms with Gasteiger partial charge in [0.05, 0.1) is 12.1 Å². The van der Waals surface area contributed by atoms with Crippen molar-refractivity contribution in [3.63, 3.8) is 0 Å². The highest BCUT2D eigenvalue weighted by atomic mass is 16.3. The van der Waals surface area contributed by atoms with Gasteiger partial charge in [-0.1, -0.05) is 18.2 Å². The Labute approximate surface area is 118 Å². The Morgan fingerprint density at radius 3 is 3.05 bits per heavy atom. The number of carbonyl (C=O) groups excluding carboxylic acids is 1. The summed E-state index contributed by atoms with van der Waals surface area (Å²) in [7, 11) is 0. The van der Waals surface area contributed by atoms with Crippen LogP contribution in [0.3, 0.4) is 0 Å². The molecule has 0 spiro atoms. The summed E-state index contributed by atoms with van der Waals surface area (Å²) in [6.45, 7) is 2.83. The zero-order valence-corrected chi connectivity index (χ0v) is 11.7. The lowest BCUT2D eigenvalue weighted by Crippen LogP contribution is -2.43. The van der Waals surface area contributed by atoms with Crippen LogP contribution in [0.4, 0.5) is 0 Å². The molecule has 0 radical (unpaired) electrons. The summed E-state index contributed by atoms with van der Waals surface area (Å²) < 4.78 is 5.84. The molecule has 3 rings (SSSR count). The Bertz CT molecular complexity index is 572. The van der Waals surface area contributed by atoms with Gasteiger partial charge in [0.1, 0.15) is 11.3 Å². The molecule has 106 valence electrons. The molecule has 20 heavy (non-hydrogen) atoms. The maximum absolute atomic E-state index is 11.9. The predicted octanol–water partition coefficient (Wildman–Crippen LogP) is 2.75. The molecule has 0 bridgehead atoms. The average Bonchev–Trinajstić information content (AvgIpc) is 2.79. The average molecular weight is 272 g/mol. The number of nitrogens with one attached hydrogen (secondary N) is 2. The van der Waals surface area contributed by atoms with Crippen LogP contribution in [0.25, 0.3) is 11.0 Å². The molecule has 0 saturated carbocycles. The first-order valence-electron chi connectivity index (χ1n) is 7.26. The van der Waals surface area contributed by atoms with Crippen LogP contribution in [0.1, 0.15) is 38.0 Å². The molecule has 4 heteroatoms. The number of hydrogen-bond acceptors (Lipinski definition) is 3. The van der Waals surface area contributed by atoms with E-state index in [2.05, 4.69) is 10.6 Å². The topological polar surface area (TPSA) is 54.3 Å². The van der Waals surface area contributed by atoms with E-state index in [0.29, 0.717) is 0 Å². The van der Waals surface area contributed by atoms with Gasteiger partial charge in [0.25, 0.3) is 0 Å². The Balaban J connectivity index is 1.74. The molecule has 2 heterocycles. The van der Waals surface area contributed by atoms with Gasteiger partial charge in [-0.25, -0.2) is 0 Å². The summed E-state index contributed by atoms with van der Waals surface area (Å²) in [6.07, 6.45) is 3.02. The third kappa shape index (κ3) is 2.70. The van der Waals surface area contributed by atoms with Crippen LogP contribution in [0.2, 0.25) is 0 Å². The van der Waals surface area contributed by atoms with Crippen molar-refractivity contribution in [3.8, 4) is 0 Å². The lowest BCUT2D eigenvalue weighted by molar-refractivity contribution is -0.123. The smallest absolute Gasteiger partial charge is 0.237 e. The van der Waals surface area contributed by atoms with E-state index in [-0.39, 0.29) is 18.0 Å². The Hall–Kier alpha value is -1.81. The van der Waals surface area contributed by atoms with Gasteiger partial charge in [-0.15, -0.1) is 0 Å². The van der Waals surface area contributed by atoms with E-state index in [1.54, 1.807) is 0 Å². The summed E-state index contributed by atoms with van der Waals surface area (Å²) in [5.74, 6) is 0.980. The molecule has 2 aromatic rings. The van der Waals surface area contributed by atoms with Crippen molar-refractivity contribution in [1.29, 1.82) is 0 Å². The summed E-state index contributed by atoms with van der Waals surface area (Å²) in [6, 6.07) is 9.90. The van der Waals surface area contributed by atoms with Crippen molar-refractivity contribution in [2.75, 3.05) is 6.54 Å². The van der Waals surface area contributed by atoms with Gasteiger partial charge >= 0.3 is 0 Å². The number of amides is 1. The van der Waals surface area contributed by atoms with Crippen molar-refractivity contribution < 1.29 is 9.21 Å². The SMILES string of the molecule is CC(NC1CCCCNC1=O)c1cc2ccccc2o1. The van der Waals surface area contributed by atoms with E-state index in [0.717, 1.165) is 42.5 Å². The third-order valence-corrected chi connectivity index (χ3v) is 3.86. The fraction of sp³-hybridized carbons (Fsp3) is 0.438. The monoisotopic (exact) mass is 272 g/mol. The standard InChI is InChI=1S/C16H20N2O2/c1-11(18-13-7-4-5-9-17-16(13)19)15-10-12-6-2-3-8-14(12)20-15/h2-3,6,8,10-11,13,18H,4-5,7,9H2,1H3,(H,17,19). The summed E-state index contributed by atoms with van der Waals surface area (Å²) in [5, 5.41) is 7.42. The molecular formula is C16H20N2O2. The second-order valence-electron chi connectivity index (χ2n) is 5.41. The largest absolute Gasteiger partial charge is 0.459 e. The summed E-state index contributed by atoms with van der Waals surface area (Å²) >= 11 is 0. The number of fused-ring (bicyclic) bond motifs is 1. The van der Waals surface area contributed by atoms with Crippen molar-refractivity contribution in [2.45, 2.75) is 38.3 Å². The molecule has 1 aliphatic heterocycles. The first kappa shape index (κ1) is 13.2. The van der Waals surface area contributed by atoms with Crippen molar-refractivity contribution in [2.24, 2.45) is 0 Å². The normalized spacial score (nSPS) is 21.4. The number of hydrogen-bond donors (Lipinski definition) is 2. The molecule has 0 aliphatic carbocycles. The fourth-order valence-corrected chi connectivity index (χ4v) is 2.70. The highest BCUT2D eigenvalue weighted by Crippen LogP contribution is 2.24. The van der Waals surface area contributed by atoms with Gasteiger partial charge < -0.3 is 9.73 Å². The maximum atomic E-state index is 11.9. The number of carbonyl (C=O) groups is 1. The molecule has 4 nitrogen and oxygen atoms in total. The van der Waals surface area contributed by atoms with E-state index in [9.17, 15) is 4.79 Å². The Kier molecular flexibility index (Phi) is 3.74. The van der Waals surface area contributed by atoms with Gasteiger partial charge in [0.15, 0.2) is 0 Å². The maximum Gasteiger partial charge on any atom is 0.237 e. The lowest BCUT2D eigenvalue weighted by atomic mass is 10.1. The molecule has 1 aromatic heterocycles. The van der Waals surface area contributed by atoms with E-state index in [4.69, 9.17) is 4.42 Å². The Morgan fingerprint density at radius 2 is 2.20 bits per heavy atom. The van der Waals surface area contributed by atoms with E-state index in [1.165, 1.54) is 0 Å². The fourth-order valence-electron chi connectivity index (χ4n) is 2.70. The van der Waals surface area contributed by atoms with Crippen LogP contribution >= 0.6 is 0 Å². The van der Waals surface area contributed by atoms with Crippen LogP contribution in [0.5, 0.6) is 0 Å². The first-order chi connectivity index (χ1) is 9.74. The summed E-state index contributed by atoms with van der Waals surface area (Å²) in [5.41, 5.74) is 0.890. The van der Waals surface area contributed by atoms with Crippen molar-refractivity contribution >= 4 is 16.9 Å². The highest BCUT2D eigenvalue weighted by molar-refractivity contribution is 5.82. The minimum absolute atomic E-state index is 0.0243. The molecule has 1 fully saturated rings. The molecule has 1 saturated heterocycles. The van der Waals surface area contributed by atoms with E-state index >= 15 is 0 Å². The van der Waals surface area contributed by atoms with Gasteiger partial charge in [-0.05, 0) is 38.3 Å². The minimum atomic E-state index is -0.124. The van der Waals surface area contributed by atoms with Gasteiger partial charge in [0, 0.05) is 11.9 Å². The molecule has 2 N–H and O–H groups in total. The Morgan fingerprint density at radius 1 is 1.35 bits per heavy atom. The second kappa shape index (κ2) is 5.67. The van der Waals surface area contributed by atoms with Crippen molar-refractivity contribution in [3.05, 3.63) is 36.1 Å². The van der Waals surface area contributed by atoms with Crippen molar-refractivity contribution in [1.82, 2.24) is 10.6 Å². The lowest BCUT2D eigenvalue weighted by Gasteiger charge is -2.19. The highest BCUT2D eigenvalue weighted by Gasteiger charge is 2.23. The number of furan rings is 1. The van der Waals surface area contributed by atoms with Gasteiger partial charge in [-0.3, -0.25) is 10.1 Å². The molecule has 1 aromatic carbocycles. The summed E-state index contributed by atoms with van der Waals surface area (Å²) in [4.78, 5) is 11.9. The molecule has 2 unspecified atom stereocenters. The van der Waals surface area contributed by atoms with Crippen LogP contribution in [0.15, 0.2) is 34.7 Å². The molecular weight excluding hydrogens is 252 g/mol. The molecule has 2 atom stereocenters. The first-order valence-corrected chi connectivity index (χ1v) is 7.26. The van der Waals surface area contributed by atoms with Gasteiger partial charge in [0.2, 0.25) is 5.91 Å². The van der Waals surface area contributed by atoms with Crippen LogP contribution < -0.4 is 10.6 Å². The van der Waals surface area contributed by atoms with E-state index < -0.39 is 0 Å². The number of rotatable bonds is 3. The third-order valence-electron chi connectivity index (χ3n) is 3.86. The van der Waals surface area contributed by atoms with E-state index in [1.807, 2.05) is 37.3 Å². The zero-order valence-electron chi connectivity index (χ0n) is 11.7. The van der Waals surface area contributed by atoms with Crippen LogP contribution in [-0.4, -0.2) is 18.5 Å². The number of para-hydroxylation sites is 1. The molecule has 1 aliphatic rings. The predicted molar refractivity (Wildman–Crippen MR) is 78.4 cm³/mol. The second-order valence-corrected chi connectivity index (χ2v) is 5.41. The zero-order chi connectivity index (χ0) is 13.9. The van der Waals surface area contributed by atoms with Crippen LogP contribution in [0, 0.1) is 0 Å². The quantitative estimate of drug-likeness (QED) is 0.903. The molecule has 1 amide bonds. The van der Waals surface area contributed by atoms with Crippen LogP contribution in [-0.2, 0) is 4.79 Å². The number of benzene rings is 1.